The molecule has 0 amide bonds. The number of Topliss-reactive ketones (excluding diaryl/α,β-unsaturated/α-hetero) is 1. The highest BCUT2D eigenvalue weighted by molar-refractivity contribution is 6.53. The molecule has 7 heteroatoms. The van der Waals surface area contributed by atoms with Crippen molar-refractivity contribution in [3.63, 3.8) is 0 Å². The van der Waals surface area contributed by atoms with E-state index in [9.17, 15) is 14.4 Å². The Morgan fingerprint density at radius 3 is 2.06 bits per heavy atom. The predicted molar refractivity (Wildman–Crippen MR) is 64.7 cm³/mol. The van der Waals surface area contributed by atoms with Crippen molar-refractivity contribution in [3.05, 3.63) is 0 Å². The standard InChI is InChI=1S/C11H18BNO5/c1-11(2,3)8(14)5-12-17-9(15)6-13(4)7-10(16)18-12/h5-7H2,1-4H3. The van der Waals surface area contributed by atoms with Crippen molar-refractivity contribution in [2.45, 2.75) is 27.1 Å². The van der Waals surface area contributed by atoms with E-state index in [0.29, 0.717) is 0 Å². The van der Waals surface area contributed by atoms with Crippen LogP contribution in [-0.4, -0.2) is 49.9 Å². The van der Waals surface area contributed by atoms with E-state index >= 15 is 0 Å². The van der Waals surface area contributed by atoms with Crippen LogP contribution in [0.3, 0.4) is 0 Å². The van der Waals surface area contributed by atoms with Gasteiger partial charge in [-0.05, 0) is 7.05 Å². The van der Waals surface area contributed by atoms with Gasteiger partial charge in [-0.25, -0.2) is 0 Å². The predicted octanol–water partition coefficient (Wildman–Crippen LogP) is 0.122. The summed E-state index contributed by atoms with van der Waals surface area (Å²) in [6, 6.07) is 0. The molecule has 0 radical (unpaired) electrons. The summed E-state index contributed by atoms with van der Waals surface area (Å²) in [5.41, 5.74) is -0.558. The van der Waals surface area contributed by atoms with Gasteiger partial charge >= 0.3 is 19.1 Å². The first-order valence-electron chi connectivity index (χ1n) is 5.79. The van der Waals surface area contributed by atoms with E-state index in [1.807, 2.05) is 0 Å². The maximum atomic E-state index is 11.8. The number of nitrogens with zero attached hydrogens (tertiary/aromatic N) is 1. The first-order chi connectivity index (χ1) is 8.18. The molecule has 0 aliphatic carbocycles. The molecule has 0 aromatic rings. The van der Waals surface area contributed by atoms with Gasteiger partial charge in [0.1, 0.15) is 5.78 Å². The molecule has 0 bridgehead atoms. The topological polar surface area (TPSA) is 72.9 Å². The summed E-state index contributed by atoms with van der Waals surface area (Å²) in [4.78, 5) is 36.2. The van der Waals surface area contributed by atoms with Crippen LogP contribution in [0.5, 0.6) is 0 Å². The van der Waals surface area contributed by atoms with Crippen LogP contribution in [0.15, 0.2) is 0 Å². The Morgan fingerprint density at radius 1 is 1.22 bits per heavy atom. The van der Waals surface area contributed by atoms with Crippen molar-refractivity contribution in [2.75, 3.05) is 20.1 Å². The van der Waals surface area contributed by atoms with E-state index in [2.05, 4.69) is 0 Å². The smallest absolute Gasteiger partial charge is 0.498 e. The van der Waals surface area contributed by atoms with Gasteiger partial charge in [0, 0.05) is 5.41 Å². The summed E-state index contributed by atoms with van der Waals surface area (Å²) < 4.78 is 9.91. The zero-order valence-electron chi connectivity index (χ0n) is 11.2. The van der Waals surface area contributed by atoms with Crippen LogP contribution in [0.2, 0.25) is 6.32 Å². The normalized spacial score (nSPS) is 18.8. The minimum atomic E-state index is -1.11. The fraction of sp³-hybridized carbons (Fsp3) is 0.727. The molecule has 1 heterocycles. The van der Waals surface area contributed by atoms with Gasteiger partial charge in [-0.2, -0.15) is 0 Å². The molecule has 1 aliphatic heterocycles. The first kappa shape index (κ1) is 14.7. The highest BCUT2D eigenvalue weighted by Gasteiger charge is 2.36. The lowest BCUT2D eigenvalue weighted by Gasteiger charge is -2.24. The van der Waals surface area contributed by atoms with E-state index in [4.69, 9.17) is 9.31 Å². The third-order valence-corrected chi connectivity index (χ3v) is 2.51. The molecule has 6 nitrogen and oxygen atoms in total. The Morgan fingerprint density at radius 2 is 1.67 bits per heavy atom. The summed E-state index contributed by atoms with van der Waals surface area (Å²) in [6.07, 6.45) is -0.106. The van der Waals surface area contributed by atoms with Crippen molar-refractivity contribution in [1.29, 1.82) is 0 Å². The van der Waals surface area contributed by atoms with Crippen LogP contribution in [0, 0.1) is 5.41 Å². The lowest BCUT2D eigenvalue weighted by molar-refractivity contribution is -0.145. The van der Waals surface area contributed by atoms with Gasteiger partial charge in [0.15, 0.2) is 0 Å². The lowest BCUT2D eigenvalue weighted by atomic mass is 9.74. The number of carbonyl (C=O) groups is 3. The van der Waals surface area contributed by atoms with E-state index in [-0.39, 0.29) is 25.2 Å². The van der Waals surface area contributed by atoms with Crippen molar-refractivity contribution >= 4 is 24.8 Å². The highest BCUT2D eigenvalue weighted by atomic mass is 16.6. The Kier molecular flexibility index (Phi) is 4.50. The summed E-state index contributed by atoms with van der Waals surface area (Å²) in [5.74, 6) is -1.13. The molecular weight excluding hydrogens is 237 g/mol. The Balaban J connectivity index is 2.67. The van der Waals surface area contributed by atoms with Gasteiger partial charge in [0.05, 0.1) is 19.4 Å². The molecule has 1 aliphatic rings. The first-order valence-corrected chi connectivity index (χ1v) is 5.79. The Bertz CT molecular complexity index is 343. The minimum Gasteiger partial charge on any atom is -0.498 e. The number of rotatable bonds is 2. The SMILES string of the molecule is CN1CC(=O)OB(CC(=O)C(C)(C)C)OC(=O)C1. The molecule has 18 heavy (non-hydrogen) atoms. The quantitative estimate of drug-likeness (QED) is 0.652. The van der Waals surface area contributed by atoms with Crippen molar-refractivity contribution in [3.8, 4) is 0 Å². The highest BCUT2D eigenvalue weighted by Crippen LogP contribution is 2.19. The molecule has 1 fully saturated rings. The number of likely N-dealkylation sites (N-methyl/N-ethyl adjacent to an activating group) is 1. The average molecular weight is 255 g/mol. The molecule has 0 aromatic heterocycles. The van der Waals surface area contributed by atoms with Crippen LogP contribution in [0.25, 0.3) is 0 Å². The van der Waals surface area contributed by atoms with Gasteiger partial charge in [-0.15, -0.1) is 0 Å². The second-order valence-electron chi connectivity index (χ2n) is 5.46. The van der Waals surface area contributed by atoms with E-state index in [1.54, 1.807) is 27.8 Å². The molecule has 0 unspecified atom stereocenters. The Labute approximate surface area is 107 Å². The van der Waals surface area contributed by atoms with Gasteiger partial charge < -0.3 is 9.31 Å². The van der Waals surface area contributed by atoms with Crippen molar-refractivity contribution in [2.24, 2.45) is 5.41 Å². The van der Waals surface area contributed by atoms with Crippen LogP contribution >= 0.6 is 0 Å². The summed E-state index contributed by atoms with van der Waals surface area (Å²) in [6.45, 7) is 5.30. The van der Waals surface area contributed by atoms with E-state index < -0.39 is 24.5 Å². The van der Waals surface area contributed by atoms with Crippen molar-refractivity contribution < 1.29 is 23.7 Å². The molecule has 0 N–H and O–H groups in total. The minimum absolute atomic E-state index is 0.00923. The molecule has 0 atom stereocenters. The molecule has 1 rings (SSSR count). The average Bonchev–Trinajstić information content (AvgIpc) is 2.12. The summed E-state index contributed by atoms with van der Waals surface area (Å²) in [7, 11) is 0.508. The number of hydrogen-bond donors (Lipinski definition) is 0. The van der Waals surface area contributed by atoms with Crippen molar-refractivity contribution in [1.82, 2.24) is 4.90 Å². The van der Waals surface area contributed by atoms with Crippen LogP contribution < -0.4 is 0 Å². The molecule has 0 spiro atoms. The largest absolute Gasteiger partial charge is 0.606 e. The van der Waals surface area contributed by atoms with Gasteiger partial charge in [0.25, 0.3) is 0 Å². The zero-order valence-corrected chi connectivity index (χ0v) is 11.2. The van der Waals surface area contributed by atoms with E-state index in [0.717, 1.165) is 0 Å². The number of carbonyl (C=O) groups excluding carboxylic acids is 3. The third kappa shape index (κ3) is 4.48. The molecule has 0 aromatic carbocycles. The van der Waals surface area contributed by atoms with Gasteiger partial charge in [-0.3, -0.25) is 19.3 Å². The van der Waals surface area contributed by atoms with Crippen LogP contribution in [0.4, 0.5) is 0 Å². The molecular formula is C11H18BNO5. The monoisotopic (exact) mass is 255 g/mol. The third-order valence-electron chi connectivity index (χ3n) is 2.51. The van der Waals surface area contributed by atoms with E-state index in [1.165, 1.54) is 4.90 Å². The second-order valence-corrected chi connectivity index (χ2v) is 5.46. The lowest BCUT2D eigenvalue weighted by Crippen LogP contribution is -2.43. The fourth-order valence-corrected chi connectivity index (χ4v) is 1.43. The number of ketones is 1. The fourth-order valence-electron chi connectivity index (χ4n) is 1.43. The van der Waals surface area contributed by atoms with Crippen LogP contribution in [-0.2, 0) is 23.7 Å². The van der Waals surface area contributed by atoms with Gasteiger partial charge in [-0.1, -0.05) is 20.8 Å². The maximum absolute atomic E-state index is 11.8. The number of hydrogen-bond acceptors (Lipinski definition) is 6. The molecule has 1 saturated heterocycles. The summed E-state index contributed by atoms with van der Waals surface area (Å²) in [5, 5.41) is 0. The second kappa shape index (κ2) is 5.52. The summed E-state index contributed by atoms with van der Waals surface area (Å²) >= 11 is 0. The Hall–Kier alpha value is -1.37. The van der Waals surface area contributed by atoms with Gasteiger partial charge in [0.2, 0.25) is 0 Å². The molecule has 100 valence electrons. The maximum Gasteiger partial charge on any atom is 0.606 e. The van der Waals surface area contributed by atoms with Crippen LogP contribution in [0.1, 0.15) is 20.8 Å². The zero-order chi connectivity index (χ0) is 13.9. The molecule has 0 saturated carbocycles.